The molecule has 0 aliphatic rings. The minimum absolute atomic E-state index is 0.0325. The molecule has 2 nitrogen and oxygen atoms in total. The number of pyridine rings is 2. The summed E-state index contributed by atoms with van der Waals surface area (Å²) in [7, 11) is 0. The van der Waals surface area contributed by atoms with Gasteiger partial charge in [-0.2, -0.15) is 0 Å². The van der Waals surface area contributed by atoms with Gasteiger partial charge in [0.2, 0.25) is 0 Å². The highest BCUT2D eigenvalue weighted by Gasteiger charge is 2.26. The van der Waals surface area contributed by atoms with Crippen LogP contribution in [-0.2, 0) is 10.8 Å². The number of fused-ring (bicyclic) bond motifs is 2. The zero-order valence-electron chi connectivity index (χ0n) is 29.7. The Bertz CT molecular complexity index is 2240. The van der Waals surface area contributed by atoms with E-state index in [4.69, 9.17) is 9.97 Å². The quantitative estimate of drug-likeness (QED) is 0.146. The largest absolute Gasteiger partial charge is 0.252 e. The molecule has 0 N–H and O–H groups in total. The molecule has 0 fully saturated rings. The van der Waals surface area contributed by atoms with Crippen molar-refractivity contribution < 1.29 is 0 Å². The van der Waals surface area contributed by atoms with Crippen molar-refractivity contribution in [3.63, 3.8) is 0 Å². The summed E-state index contributed by atoms with van der Waals surface area (Å²) in [4.78, 5) is 13.2. The van der Waals surface area contributed by atoms with E-state index in [9.17, 15) is 0 Å². The maximum Gasteiger partial charge on any atom is 0.0815 e. The van der Waals surface area contributed by atoms with E-state index in [1.165, 1.54) is 54.2 Å². The minimum Gasteiger partial charge on any atom is -0.252 e. The first kappa shape index (κ1) is 32.9. The molecule has 0 spiro atoms. The van der Waals surface area contributed by atoms with Crippen LogP contribution in [0.25, 0.3) is 65.8 Å². The summed E-state index contributed by atoms with van der Waals surface area (Å²) >= 11 is 1.89. The Hall–Kier alpha value is -4.60. The third-order valence-corrected chi connectivity index (χ3v) is 12.7. The van der Waals surface area contributed by atoms with Crippen molar-refractivity contribution in [2.45, 2.75) is 78.1 Å². The van der Waals surface area contributed by atoms with E-state index in [2.05, 4.69) is 163 Å². The van der Waals surface area contributed by atoms with Gasteiger partial charge in [-0.05, 0) is 108 Å². The van der Waals surface area contributed by atoms with Crippen molar-refractivity contribution in [2.24, 2.45) is 0 Å². The summed E-state index contributed by atoms with van der Waals surface area (Å²) < 4.78 is 0. The first-order valence-corrected chi connectivity index (χ1v) is 18.7. The summed E-state index contributed by atoms with van der Waals surface area (Å²) in [5, 5.41) is 2.34. The van der Waals surface area contributed by atoms with Gasteiger partial charge in [0.1, 0.15) is 0 Å². The SMILES string of the molecule is CCC(C)(CC)c1cc(-c2ccccc2)c2cc(-c3ccc4nc(-c5ccc(C(C)(CC)CC)s5)cc(-c5ccccc5)c4c3)ccc2n1. The van der Waals surface area contributed by atoms with Crippen LogP contribution in [0.2, 0.25) is 0 Å². The number of rotatable bonds is 10. The van der Waals surface area contributed by atoms with Crippen LogP contribution in [0.5, 0.6) is 0 Å². The van der Waals surface area contributed by atoms with Crippen LogP contribution >= 0.6 is 11.3 Å². The molecule has 0 aliphatic carbocycles. The molecule has 0 saturated heterocycles. The van der Waals surface area contributed by atoms with E-state index >= 15 is 0 Å². The number of hydrogen-bond acceptors (Lipinski definition) is 3. The highest BCUT2D eigenvalue weighted by Crippen LogP contribution is 2.42. The van der Waals surface area contributed by atoms with E-state index in [0.717, 1.165) is 47.8 Å². The molecular formula is C46H46N2S. The van der Waals surface area contributed by atoms with Crippen LogP contribution in [0, 0.1) is 0 Å². The van der Waals surface area contributed by atoms with E-state index in [1.807, 2.05) is 11.3 Å². The molecular weight excluding hydrogens is 613 g/mol. The van der Waals surface area contributed by atoms with Crippen LogP contribution in [0.4, 0.5) is 0 Å². The summed E-state index contributed by atoms with van der Waals surface area (Å²) in [6.07, 6.45) is 4.36. The van der Waals surface area contributed by atoms with Gasteiger partial charge in [-0.1, -0.05) is 114 Å². The number of benzene rings is 4. The zero-order chi connectivity index (χ0) is 34.2. The highest BCUT2D eigenvalue weighted by molar-refractivity contribution is 7.15. The molecule has 0 aliphatic heterocycles. The maximum absolute atomic E-state index is 5.27. The number of aromatic nitrogens is 2. The number of thiophene rings is 1. The second-order valence-electron chi connectivity index (χ2n) is 14.0. The van der Waals surface area contributed by atoms with Crippen LogP contribution in [0.1, 0.15) is 77.8 Å². The fourth-order valence-corrected chi connectivity index (χ4v) is 8.22. The van der Waals surface area contributed by atoms with Gasteiger partial charge in [0.25, 0.3) is 0 Å². The van der Waals surface area contributed by atoms with Crippen molar-refractivity contribution in [1.82, 2.24) is 9.97 Å². The van der Waals surface area contributed by atoms with E-state index < -0.39 is 0 Å². The normalized spacial score (nSPS) is 12.2. The first-order chi connectivity index (χ1) is 23.8. The maximum atomic E-state index is 5.27. The Balaban J connectivity index is 1.39. The average molecular weight is 659 g/mol. The molecule has 3 heteroatoms. The Morgan fingerprint density at radius 2 is 1.00 bits per heavy atom. The lowest BCUT2D eigenvalue weighted by molar-refractivity contribution is 0.427. The lowest BCUT2D eigenvalue weighted by Crippen LogP contribution is -2.21. The van der Waals surface area contributed by atoms with E-state index in [-0.39, 0.29) is 10.8 Å². The molecule has 7 aromatic rings. The fourth-order valence-electron chi connectivity index (χ4n) is 6.97. The molecule has 49 heavy (non-hydrogen) atoms. The second kappa shape index (κ2) is 13.4. The van der Waals surface area contributed by atoms with Crippen molar-refractivity contribution in [3.05, 3.63) is 132 Å². The minimum atomic E-state index is 0.0325. The van der Waals surface area contributed by atoms with Crippen molar-refractivity contribution in [2.75, 3.05) is 0 Å². The lowest BCUT2D eigenvalue weighted by Gasteiger charge is -2.27. The van der Waals surface area contributed by atoms with Gasteiger partial charge in [0, 0.05) is 32.2 Å². The molecule has 0 unspecified atom stereocenters. The molecule has 3 aromatic heterocycles. The Morgan fingerprint density at radius 3 is 1.53 bits per heavy atom. The van der Waals surface area contributed by atoms with Crippen molar-refractivity contribution in [1.29, 1.82) is 0 Å². The molecule has 0 atom stereocenters. The summed E-state index contributed by atoms with van der Waals surface area (Å²) in [6, 6.07) is 44.3. The third-order valence-electron chi connectivity index (χ3n) is 11.3. The first-order valence-electron chi connectivity index (χ1n) is 17.9. The summed E-state index contributed by atoms with van der Waals surface area (Å²) in [5.41, 5.74) is 11.7. The van der Waals surface area contributed by atoms with Crippen LogP contribution in [-0.4, -0.2) is 9.97 Å². The molecule has 4 aromatic carbocycles. The molecule has 246 valence electrons. The fraction of sp³-hybridized carbons (Fsp3) is 0.261. The monoisotopic (exact) mass is 658 g/mol. The lowest BCUT2D eigenvalue weighted by atomic mass is 9.80. The van der Waals surface area contributed by atoms with Crippen LogP contribution < -0.4 is 0 Å². The highest BCUT2D eigenvalue weighted by atomic mass is 32.1. The van der Waals surface area contributed by atoms with Gasteiger partial charge < -0.3 is 0 Å². The Labute approximate surface area is 295 Å². The zero-order valence-corrected chi connectivity index (χ0v) is 30.5. The van der Waals surface area contributed by atoms with E-state index in [1.54, 1.807) is 0 Å². The van der Waals surface area contributed by atoms with Gasteiger partial charge in [0.15, 0.2) is 0 Å². The van der Waals surface area contributed by atoms with Crippen molar-refractivity contribution >= 4 is 33.1 Å². The van der Waals surface area contributed by atoms with Crippen molar-refractivity contribution in [3.8, 4) is 44.0 Å². The third kappa shape index (κ3) is 6.10. The van der Waals surface area contributed by atoms with Crippen LogP contribution in [0.15, 0.2) is 121 Å². The van der Waals surface area contributed by atoms with Crippen LogP contribution in [0.3, 0.4) is 0 Å². The summed E-state index contributed by atoms with van der Waals surface area (Å²) in [6.45, 7) is 13.9. The topological polar surface area (TPSA) is 25.8 Å². The van der Waals surface area contributed by atoms with Gasteiger partial charge in [-0.15, -0.1) is 11.3 Å². The standard InChI is InChI=1S/C46H46N2S/c1-7-45(5,8-2)43-30-36(32-19-15-12-16-20-32)38-28-34(22-24-40(38)48-43)33-21-23-39-37(27-33)35(31-17-13-11-14-18-31)29-41(47-39)42-25-26-44(49-42)46(6,9-3)10-4/h11-30H,7-10H2,1-6H3. The average Bonchev–Trinajstić information content (AvgIpc) is 3.68. The van der Waals surface area contributed by atoms with Gasteiger partial charge in [0.05, 0.1) is 21.6 Å². The molecule has 0 saturated carbocycles. The molecule has 0 bridgehead atoms. The molecule has 0 amide bonds. The summed E-state index contributed by atoms with van der Waals surface area (Å²) in [5.74, 6) is 0. The Morgan fingerprint density at radius 1 is 0.490 bits per heavy atom. The predicted molar refractivity (Wildman–Crippen MR) is 213 cm³/mol. The smallest absolute Gasteiger partial charge is 0.0815 e. The van der Waals surface area contributed by atoms with Gasteiger partial charge in [-0.3, -0.25) is 4.98 Å². The number of hydrogen-bond donors (Lipinski definition) is 0. The van der Waals surface area contributed by atoms with E-state index in [0.29, 0.717) is 0 Å². The molecule has 0 radical (unpaired) electrons. The second-order valence-corrected chi connectivity index (χ2v) is 15.1. The van der Waals surface area contributed by atoms with Gasteiger partial charge >= 0.3 is 0 Å². The molecule has 3 heterocycles. The molecule has 7 rings (SSSR count). The number of nitrogens with zero attached hydrogens (tertiary/aromatic N) is 2. The Kier molecular flexibility index (Phi) is 8.98. The predicted octanol–water partition coefficient (Wildman–Crippen LogP) is 13.7. The van der Waals surface area contributed by atoms with Gasteiger partial charge in [-0.25, -0.2) is 4.98 Å².